The van der Waals surface area contributed by atoms with Crippen LogP contribution in [0.4, 0.5) is 0 Å². The highest BCUT2D eigenvalue weighted by molar-refractivity contribution is 5.79. The van der Waals surface area contributed by atoms with Gasteiger partial charge in [-0.3, -0.25) is 4.99 Å². The predicted molar refractivity (Wildman–Crippen MR) is 96.4 cm³/mol. The number of nitrogens with zero attached hydrogens (tertiary/aromatic N) is 1. The largest absolute Gasteiger partial charge is 0.497 e. The van der Waals surface area contributed by atoms with Gasteiger partial charge in [-0.05, 0) is 37.5 Å². The highest BCUT2D eigenvalue weighted by atomic mass is 16.5. The fraction of sp³-hybridized carbons (Fsp3) is 0.611. The van der Waals surface area contributed by atoms with Gasteiger partial charge in [-0.1, -0.05) is 25.5 Å². The van der Waals surface area contributed by atoms with Crippen molar-refractivity contribution in [3.05, 3.63) is 29.8 Å². The molecule has 2 N–H and O–H groups in total. The van der Waals surface area contributed by atoms with Crippen LogP contribution < -0.4 is 15.4 Å². The average molecular weight is 321 g/mol. The lowest BCUT2D eigenvalue weighted by atomic mass is 10.1. The number of rotatable bonds is 11. The van der Waals surface area contributed by atoms with E-state index in [1.54, 1.807) is 7.11 Å². The van der Waals surface area contributed by atoms with Crippen molar-refractivity contribution in [2.24, 2.45) is 4.99 Å². The van der Waals surface area contributed by atoms with Crippen LogP contribution in [0.25, 0.3) is 0 Å². The van der Waals surface area contributed by atoms with Gasteiger partial charge in [0.05, 0.1) is 20.3 Å². The standard InChI is InChI=1S/C18H31N3O2/c1-4-6-14-23-15-13-21-18(19-5-2)20-12-11-16-7-9-17(22-3)10-8-16/h7-10H,4-6,11-15H2,1-3H3,(H2,19,20,21). The Morgan fingerprint density at radius 3 is 2.52 bits per heavy atom. The fourth-order valence-corrected chi connectivity index (χ4v) is 2.03. The third kappa shape index (κ3) is 9.08. The SMILES string of the molecule is CCCCOCCN=C(NCC)NCCc1ccc(OC)cc1. The van der Waals surface area contributed by atoms with E-state index in [9.17, 15) is 0 Å². The summed E-state index contributed by atoms with van der Waals surface area (Å²) in [7, 11) is 1.68. The van der Waals surface area contributed by atoms with E-state index in [2.05, 4.69) is 41.6 Å². The van der Waals surface area contributed by atoms with Crippen molar-refractivity contribution in [2.45, 2.75) is 33.1 Å². The van der Waals surface area contributed by atoms with Crippen LogP contribution in [0.5, 0.6) is 5.75 Å². The van der Waals surface area contributed by atoms with Gasteiger partial charge in [-0.15, -0.1) is 0 Å². The molecule has 23 heavy (non-hydrogen) atoms. The van der Waals surface area contributed by atoms with Crippen molar-refractivity contribution < 1.29 is 9.47 Å². The molecule has 5 heteroatoms. The van der Waals surface area contributed by atoms with Crippen LogP contribution >= 0.6 is 0 Å². The van der Waals surface area contributed by atoms with Gasteiger partial charge in [0.15, 0.2) is 5.96 Å². The molecule has 0 aliphatic rings. The van der Waals surface area contributed by atoms with Crippen LogP contribution in [0, 0.1) is 0 Å². The summed E-state index contributed by atoms with van der Waals surface area (Å²) in [5.41, 5.74) is 1.28. The maximum absolute atomic E-state index is 5.52. The molecular weight excluding hydrogens is 290 g/mol. The Kier molecular flexibility index (Phi) is 10.7. The number of methoxy groups -OCH3 is 1. The second kappa shape index (κ2) is 12.8. The maximum Gasteiger partial charge on any atom is 0.191 e. The smallest absolute Gasteiger partial charge is 0.191 e. The molecule has 0 spiro atoms. The summed E-state index contributed by atoms with van der Waals surface area (Å²) in [6.45, 7) is 8.11. The summed E-state index contributed by atoms with van der Waals surface area (Å²) in [5.74, 6) is 1.74. The molecule has 0 radical (unpaired) electrons. The monoisotopic (exact) mass is 321 g/mol. The van der Waals surface area contributed by atoms with Gasteiger partial charge in [0, 0.05) is 19.7 Å². The number of nitrogens with one attached hydrogen (secondary N) is 2. The summed E-state index contributed by atoms with van der Waals surface area (Å²) < 4.78 is 10.7. The minimum Gasteiger partial charge on any atom is -0.497 e. The van der Waals surface area contributed by atoms with Crippen molar-refractivity contribution in [2.75, 3.05) is 40.0 Å². The molecule has 1 aromatic carbocycles. The molecule has 0 fully saturated rings. The summed E-state index contributed by atoms with van der Waals surface area (Å²) in [5, 5.41) is 6.60. The Balaban J connectivity index is 2.28. The zero-order valence-electron chi connectivity index (χ0n) is 14.7. The zero-order valence-corrected chi connectivity index (χ0v) is 14.7. The summed E-state index contributed by atoms with van der Waals surface area (Å²) in [6.07, 6.45) is 3.23. The minimum absolute atomic E-state index is 0.676. The highest BCUT2D eigenvalue weighted by Crippen LogP contribution is 2.11. The Labute approximate surface area is 140 Å². The van der Waals surface area contributed by atoms with E-state index in [1.165, 1.54) is 12.0 Å². The van der Waals surface area contributed by atoms with E-state index in [-0.39, 0.29) is 0 Å². The van der Waals surface area contributed by atoms with Gasteiger partial charge in [0.25, 0.3) is 0 Å². The molecule has 0 unspecified atom stereocenters. The lowest BCUT2D eigenvalue weighted by Gasteiger charge is -2.11. The van der Waals surface area contributed by atoms with Gasteiger partial charge in [0.1, 0.15) is 5.75 Å². The van der Waals surface area contributed by atoms with Gasteiger partial charge >= 0.3 is 0 Å². The first kappa shape index (κ1) is 19.3. The predicted octanol–water partition coefficient (Wildman–Crippen LogP) is 2.61. The molecule has 0 aliphatic carbocycles. The molecule has 0 heterocycles. The van der Waals surface area contributed by atoms with E-state index in [1.807, 2.05) is 12.1 Å². The van der Waals surface area contributed by atoms with Crippen molar-refractivity contribution in [1.82, 2.24) is 10.6 Å². The van der Waals surface area contributed by atoms with Crippen LogP contribution in [-0.4, -0.2) is 45.9 Å². The van der Waals surface area contributed by atoms with Crippen molar-refractivity contribution in [1.29, 1.82) is 0 Å². The van der Waals surface area contributed by atoms with E-state index >= 15 is 0 Å². The van der Waals surface area contributed by atoms with Crippen LogP contribution in [-0.2, 0) is 11.2 Å². The third-order valence-electron chi connectivity index (χ3n) is 3.36. The molecule has 0 saturated heterocycles. The topological polar surface area (TPSA) is 54.9 Å². The number of guanidine groups is 1. The number of unbranched alkanes of at least 4 members (excludes halogenated alkanes) is 1. The van der Waals surface area contributed by atoms with E-state index < -0.39 is 0 Å². The second-order valence-electron chi connectivity index (χ2n) is 5.25. The van der Waals surface area contributed by atoms with Gasteiger partial charge in [-0.2, -0.15) is 0 Å². The lowest BCUT2D eigenvalue weighted by Crippen LogP contribution is -2.38. The quantitative estimate of drug-likeness (QED) is 0.374. The minimum atomic E-state index is 0.676. The number of benzene rings is 1. The highest BCUT2D eigenvalue weighted by Gasteiger charge is 1.98. The van der Waals surface area contributed by atoms with E-state index in [0.29, 0.717) is 13.2 Å². The van der Waals surface area contributed by atoms with Crippen LogP contribution in [0.15, 0.2) is 29.3 Å². The molecular formula is C18H31N3O2. The Hall–Kier alpha value is -1.75. The first-order chi connectivity index (χ1) is 11.3. The summed E-state index contributed by atoms with van der Waals surface area (Å²) >= 11 is 0. The number of hydrogen-bond acceptors (Lipinski definition) is 3. The second-order valence-corrected chi connectivity index (χ2v) is 5.25. The van der Waals surface area contributed by atoms with E-state index in [4.69, 9.17) is 9.47 Å². The molecule has 0 amide bonds. The van der Waals surface area contributed by atoms with Gasteiger partial charge in [-0.25, -0.2) is 0 Å². The first-order valence-corrected chi connectivity index (χ1v) is 8.53. The lowest BCUT2D eigenvalue weighted by molar-refractivity contribution is 0.139. The maximum atomic E-state index is 5.52. The first-order valence-electron chi connectivity index (χ1n) is 8.53. The molecule has 0 aromatic heterocycles. The fourth-order valence-electron chi connectivity index (χ4n) is 2.03. The van der Waals surface area contributed by atoms with E-state index in [0.717, 1.165) is 44.2 Å². The Morgan fingerprint density at radius 2 is 1.87 bits per heavy atom. The van der Waals surface area contributed by atoms with Gasteiger partial charge < -0.3 is 20.1 Å². The molecule has 0 aliphatic heterocycles. The van der Waals surface area contributed by atoms with Crippen molar-refractivity contribution >= 4 is 5.96 Å². The molecule has 5 nitrogen and oxygen atoms in total. The van der Waals surface area contributed by atoms with Crippen molar-refractivity contribution in [3.63, 3.8) is 0 Å². The summed E-state index contributed by atoms with van der Waals surface area (Å²) in [6, 6.07) is 8.16. The molecule has 130 valence electrons. The molecule has 0 saturated carbocycles. The molecule has 1 rings (SSSR count). The molecule has 0 atom stereocenters. The Morgan fingerprint density at radius 1 is 1.09 bits per heavy atom. The Bertz CT molecular complexity index is 432. The number of ether oxygens (including phenoxy) is 2. The number of aliphatic imine (C=N–C) groups is 1. The number of hydrogen-bond donors (Lipinski definition) is 2. The average Bonchev–Trinajstić information content (AvgIpc) is 2.58. The van der Waals surface area contributed by atoms with Crippen LogP contribution in [0.2, 0.25) is 0 Å². The normalized spacial score (nSPS) is 11.3. The molecule has 1 aromatic rings. The van der Waals surface area contributed by atoms with Crippen LogP contribution in [0.1, 0.15) is 32.3 Å². The summed E-state index contributed by atoms with van der Waals surface area (Å²) in [4.78, 5) is 4.52. The van der Waals surface area contributed by atoms with Gasteiger partial charge in [0.2, 0.25) is 0 Å². The van der Waals surface area contributed by atoms with Crippen molar-refractivity contribution in [3.8, 4) is 5.75 Å². The third-order valence-corrected chi connectivity index (χ3v) is 3.36. The van der Waals surface area contributed by atoms with Crippen LogP contribution in [0.3, 0.4) is 0 Å². The zero-order chi connectivity index (χ0) is 16.8. The molecule has 0 bridgehead atoms.